The highest BCUT2D eigenvalue weighted by Crippen LogP contribution is 2.32. The van der Waals surface area contributed by atoms with Crippen LogP contribution >= 0.6 is 0 Å². The zero-order chi connectivity index (χ0) is 18.1. The van der Waals surface area contributed by atoms with Crippen LogP contribution in [0.2, 0.25) is 0 Å². The summed E-state index contributed by atoms with van der Waals surface area (Å²) in [5.74, 6) is 1.57. The number of aryl methyl sites for hydroxylation is 1. The van der Waals surface area contributed by atoms with Crippen molar-refractivity contribution in [1.82, 2.24) is 24.6 Å². The third kappa shape index (κ3) is 2.81. The molecule has 7 nitrogen and oxygen atoms in total. The van der Waals surface area contributed by atoms with Crippen molar-refractivity contribution in [2.45, 2.75) is 26.1 Å². The van der Waals surface area contributed by atoms with Crippen molar-refractivity contribution >= 4 is 5.91 Å². The average molecular weight is 349 g/mol. The van der Waals surface area contributed by atoms with Crippen molar-refractivity contribution in [3.63, 3.8) is 0 Å². The zero-order valence-corrected chi connectivity index (χ0v) is 14.7. The van der Waals surface area contributed by atoms with Crippen LogP contribution in [-0.4, -0.2) is 37.7 Å². The third-order valence-corrected chi connectivity index (χ3v) is 4.75. The average Bonchev–Trinajstić information content (AvgIpc) is 3.07. The van der Waals surface area contributed by atoms with E-state index in [0.29, 0.717) is 18.7 Å². The van der Waals surface area contributed by atoms with Gasteiger partial charge in [-0.1, -0.05) is 12.1 Å². The molecule has 26 heavy (non-hydrogen) atoms. The maximum atomic E-state index is 13.1. The van der Waals surface area contributed by atoms with Gasteiger partial charge in [0, 0.05) is 18.4 Å². The van der Waals surface area contributed by atoms with E-state index < -0.39 is 0 Å². The number of amides is 1. The van der Waals surface area contributed by atoms with Crippen LogP contribution in [0.5, 0.6) is 5.75 Å². The molecule has 0 saturated heterocycles. The fraction of sp³-hybridized carbons (Fsp3) is 0.263. The number of methoxy groups -OCH3 is 1. The van der Waals surface area contributed by atoms with Gasteiger partial charge in [-0.15, -0.1) is 0 Å². The van der Waals surface area contributed by atoms with E-state index in [2.05, 4.69) is 19.7 Å². The number of rotatable bonds is 3. The van der Waals surface area contributed by atoms with E-state index in [4.69, 9.17) is 4.74 Å². The Balaban J connectivity index is 1.77. The molecule has 1 aliphatic rings. The molecule has 4 rings (SSSR count). The predicted molar refractivity (Wildman–Crippen MR) is 94.6 cm³/mol. The van der Waals surface area contributed by atoms with Crippen molar-refractivity contribution in [1.29, 1.82) is 0 Å². The Labute approximate surface area is 151 Å². The molecule has 1 amide bonds. The molecule has 1 aromatic carbocycles. The number of nitrogens with zero attached hydrogens (tertiary/aromatic N) is 5. The predicted octanol–water partition coefficient (Wildman–Crippen LogP) is 2.39. The SMILES string of the molecule is COc1cccc(C2Cn3c(C)cnc3CN2C(=O)c2ccnnc2)c1. The third-order valence-electron chi connectivity index (χ3n) is 4.75. The summed E-state index contributed by atoms with van der Waals surface area (Å²) in [6.45, 7) is 3.12. The first-order chi connectivity index (χ1) is 12.7. The number of fused-ring (bicyclic) bond motifs is 1. The van der Waals surface area contributed by atoms with Gasteiger partial charge in [-0.05, 0) is 30.7 Å². The molecular formula is C19H19N5O2. The van der Waals surface area contributed by atoms with Gasteiger partial charge >= 0.3 is 0 Å². The van der Waals surface area contributed by atoms with E-state index in [1.807, 2.05) is 42.3 Å². The number of carbonyl (C=O) groups is 1. The molecule has 0 saturated carbocycles. The lowest BCUT2D eigenvalue weighted by Crippen LogP contribution is -2.41. The molecule has 0 radical (unpaired) electrons. The molecule has 1 unspecified atom stereocenters. The Morgan fingerprint density at radius 2 is 2.12 bits per heavy atom. The highest BCUT2D eigenvalue weighted by atomic mass is 16.5. The van der Waals surface area contributed by atoms with Gasteiger partial charge in [0.1, 0.15) is 11.6 Å². The molecule has 0 fully saturated rings. The molecule has 1 aliphatic heterocycles. The van der Waals surface area contributed by atoms with E-state index >= 15 is 0 Å². The minimum absolute atomic E-state index is 0.0837. The van der Waals surface area contributed by atoms with Gasteiger partial charge < -0.3 is 14.2 Å². The lowest BCUT2D eigenvalue weighted by Gasteiger charge is -2.37. The van der Waals surface area contributed by atoms with E-state index in [9.17, 15) is 4.79 Å². The van der Waals surface area contributed by atoms with Crippen LogP contribution in [0.4, 0.5) is 0 Å². The normalized spacial score (nSPS) is 16.2. The first-order valence-electron chi connectivity index (χ1n) is 8.40. The summed E-state index contributed by atoms with van der Waals surface area (Å²) in [7, 11) is 1.64. The largest absolute Gasteiger partial charge is 0.497 e. The minimum atomic E-state index is -0.119. The second kappa shape index (κ2) is 6.59. The Kier molecular flexibility index (Phi) is 4.12. The van der Waals surface area contributed by atoms with Crippen molar-refractivity contribution < 1.29 is 9.53 Å². The van der Waals surface area contributed by atoms with E-state index in [1.165, 1.54) is 12.4 Å². The fourth-order valence-electron chi connectivity index (χ4n) is 3.35. The maximum Gasteiger partial charge on any atom is 0.256 e. The van der Waals surface area contributed by atoms with Crippen LogP contribution in [-0.2, 0) is 13.1 Å². The first kappa shape index (κ1) is 16.3. The summed E-state index contributed by atoms with van der Waals surface area (Å²) < 4.78 is 7.53. The number of carbonyl (C=O) groups excluding carboxylic acids is 1. The van der Waals surface area contributed by atoms with E-state index in [1.54, 1.807) is 13.2 Å². The summed E-state index contributed by atoms with van der Waals surface area (Å²) in [5, 5.41) is 7.59. The number of imidazole rings is 1. The van der Waals surface area contributed by atoms with Gasteiger partial charge in [0.15, 0.2) is 0 Å². The standard InChI is InChI=1S/C19H19N5O2/c1-13-9-20-18-12-24(19(25)15-6-7-21-22-10-15)17(11-23(13)18)14-4-3-5-16(8-14)26-2/h3-10,17H,11-12H2,1-2H3. The summed E-state index contributed by atoms with van der Waals surface area (Å²) in [5.41, 5.74) is 2.63. The van der Waals surface area contributed by atoms with Gasteiger partial charge in [-0.3, -0.25) is 4.79 Å². The van der Waals surface area contributed by atoms with Crippen LogP contribution in [0.3, 0.4) is 0 Å². The fourth-order valence-corrected chi connectivity index (χ4v) is 3.35. The summed E-state index contributed by atoms with van der Waals surface area (Å²) in [6.07, 6.45) is 4.88. The quantitative estimate of drug-likeness (QED) is 0.726. The second-order valence-corrected chi connectivity index (χ2v) is 6.28. The molecule has 0 aliphatic carbocycles. The molecule has 0 bridgehead atoms. The maximum absolute atomic E-state index is 13.1. The number of hydrogen-bond donors (Lipinski definition) is 0. The molecule has 2 aromatic heterocycles. The monoisotopic (exact) mass is 349 g/mol. The molecule has 3 aromatic rings. The molecule has 0 N–H and O–H groups in total. The Hall–Kier alpha value is -3.22. The Bertz CT molecular complexity index is 938. The van der Waals surface area contributed by atoms with Crippen molar-refractivity contribution in [3.8, 4) is 5.75 Å². The summed E-state index contributed by atoms with van der Waals surface area (Å²) in [4.78, 5) is 19.4. The summed E-state index contributed by atoms with van der Waals surface area (Å²) >= 11 is 0. The highest BCUT2D eigenvalue weighted by molar-refractivity contribution is 5.94. The minimum Gasteiger partial charge on any atom is -0.497 e. The van der Waals surface area contributed by atoms with Gasteiger partial charge in [0.05, 0.1) is 37.7 Å². The molecule has 1 atom stereocenters. The molecular weight excluding hydrogens is 330 g/mol. The van der Waals surface area contributed by atoms with Crippen LogP contribution in [0.25, 0.3) is 0 Å². The highest BCUT2D eigenvalue weighted by Gasteiger charge is 2.33. The number of hydrogen-bond acceptors (Lipinski definition) is 5. The molecule has 3 heterocycles. The molecule has 132 valence electrons. The van der Waals surface area contributed by atoms with Gasteiger partial charge in [0.25, 0.3) is 5.91 Å². The van der Waals surface area contributed by atoms with Crippen LogP contribution < -0.4 is 4.74 Å². The second-order valence-electron chi connectivity index (χ2n) is 6.28. The Morgan fingerprint density at radius 3 is 2.88 bits per heavy atom. The van der Waals surface area contributed by atoms with E-state index in [0.717, 1.165) is 22.8 Å². The first-order valence-corrected chi connectivity index (χ1v) is 8.40. The molecule has 0 spiro atoms. The number of aromatic nitrogens is 4. The lowest BCUT2D eigenvalue weighted by atomic mass is 10.0. The van der Waals surface area contributed by atoms with Crippen molar-refractivity contribution in [3.05, 3.63) is 71.6 Å². The lowest BCUT2D eigenvalue weighted by molar-refractivity contribution is 0.0582. The number of benzene rings is 1. The van der Waals surface area contributed by atoms with E-state index in [-0.39, 0.29) is 11.9 Å². The molecule has 7 heteroatoms. The van der Waals surface area contributed by atoms with Crippen molar-refractivity contribution in [2.24, 2.45) is 0 Å². The van der Waals surface area contributed by atoms with Gasteiger partial charge in [-0.25, -0.2) is 4.98 Å². The smallest absolute Gasteiger partial charge is 0.256 e. The van der Waals surface area contributed by atoms with Crippen LogP contribution in [0.1, 0.15) is 33.5 Å². The number of ether oxygens (including phenoxy) is 1. The summed E-state index contributed by atoms with van der Waals surface area (Å²) in [6, 6.07) is 9.42. The Morgan fingerprint density at radius 1 is 1.23 bits per heavy atom. The van der Waals surface area contributed by atoms with Crippen molar-refractivity contribution in [2.75, 3.05) is 7.11 Å². The topological polar surface area (TPSA) is 73.1 Å². The van der Waals surface area contributed by atoms with Gasteiger partial charge in [-0.2, -0.15) is 10.2 Å². The van der Waals surface area contributed by atoms with Crippen LogP contribution in [0.15, 0.2) is 48.9 Å². The zero-order valence-electron chi connectivity index (χ0n) is 14.7. The van der Waals surface area contributed by atoms with Crippen LogP contribution in [0, 0.1) is 6.92 Å². The van der Waals surface area contributed by atoms with Gasteiger partial charge in [0.2, 0.25) is 0 Å².